The van der Waals surface area contributed by atoms with Crippen molar-refractivity contribution in [1.82, 2.24) is 15.1 Å². The highest BCUT2D eigenvalue weighted by molar-refractivity contribution is 6.06. The van der Waals surface area contributed by atoms with Crippen LogP contribution in [0.2, 0.25) is 0 Å². The third-order valence-corrected chi connectivity index (χ3v) is 6.76. The van der Waals surface area contributed by atoms with Crippen molar-refractivity contribution in [2.75, 3.05) is 11.4 Å². The van der Waals surface area contributed by atoms with E-state index < -0.39 is 41.5 Å². The van der Waals surface area contributed by atoms with Gasteiger partial charge >= 0.3 is 12.1 Å². The molecule has 37 heavy (non-hydrogen) atoms. The topological polar surface area (TPSA) is 105 Å². The maximum Gasteiger partial charge on any atom is 0.416 e. The molecule has 0 bridgehead atoms. The fourth-order valence-corrected chi connectivity index (χ4v) is 4.97. The number of halogens is 3. The van der Waals surface area contributed by atoms with Crippen molar-refractivity contribution >= 4 is 23.6 Å². The maximum absolute atomic E-state index is 13.8. The summed E-state index contributed by atoms with van der Waals surface area (Å²) in [6.07, 6.45) is -3.20. The molecule has 5 rings (SSSR count). The number of aromatic carboxylic acids is 1. The molecule has 2 atom stereocenters. The molecule has 2 aromatic carbocycles. The minimum atomic E-state index is -4.64. The highest BCUT2D eigenvalue weighted by Gasteiger charge is 2.51. The number of hydrogen-bond acceptors (Lipinski definition) is 4. The fraction of sp³-hybridized carbons (Fsp3) is 0.308. The number of nitrogens with one attached hydrogen (secondary N) is 1. The van der Waals surface area contributed by atoms with Crippen LogP contribution in [0.1, 0.15) is 57.7 Å². The van der Waals surface area contributed by atoms with E-state index in [2.05, 4.69) is 10.4 Å². The SMILES string of the molecule is CCN1C(=O)[C@@H](NC(=O)c2cccc(C(F)(F)F)c2)[C@@H](C2CC2)c2c(C(=O)O)nn(-c3ccccc3)c21. The molecule has 1 aliphatic heterocycles. The van der Waals surface area contributed by atoms with Crippen molar-refractivity contribution in [3.8, 4) is 5.69 Å². The lowest BCUT2D eigenvalue weighted by atomic mass is 9.82. The third-order valence-electron chi connectivity index (χ3n) is 6.76. The molecule has 3 aromatic rings. The molecular weight excluding hydrogens is 489 g/mol. The Balaban J connectivity index is 1.61. The van der Waals surface area contributed by atoms with Gasteiger partial charge in [-0.15, -0.1) is 0 Å². The Labute approximate surface area is 209 Å². The number of alkyl halides is 3. The molecule has 1 fully saturated rings. The number of carboxylic acid groups (broad SMARTS) is 1. The van der Waals surface area contributed by atoms with Gasteiger partial charge in [0.2, 0.25) is 0 Å². The normalized spacial score (nSPS) is 19.5. The zero-order valence-corrected chi connectivity index (χ0v) is 19.7. The number of rotatable bonds is 6. The van der Waals surface area contributed by atoms with E-state index in [1.165, 1.54) is 15.6 Å². The van der Waals surface area contributed by atoms with Crippen LogP contribution in [0.5, 0.6) is 0 Å². The van der Waals surface area contributed by atoms with Crippen molar-refractivity contribution in [3.05, 3.63) is 77.0 Å². The van der Waals surface area contributed by atoms with Crippen LogP contribution < -0.4 is 10.2 Å². The van der Waals surface area contributed by atoms with Gasteiger partial charge in [-0.2, -0.15) is 18.3 Å². The van der Waals surface area contributed by atoms with Gasteiger partial charge in [0.15, 0.2) is 5.69 Å². The van der Waals surface area contributed by atoms with Crippen LogP contribution >= 0.6 is 0 Å². The molecule has 1 aromatic heterocycles. The second kappa shape index (κ2) is 9.06. The first kappa shape index (κ1) is 24.5. The molecule has 192 valence electrons. The number of likely N-dealkylation sites (N-methyl/N-ethyl adjacent to an activating group) is 1. The van der Waals surface area contributed by atoms with Crippen molar-refractivity contribution in [2.24, 2.45) is 5.92 Å². The van der Waals surface area contributed by atoms with Crippen LogP contribution in [0.15, 0.2) is 54.6 Å². The molecule has 1 aliphatic carbocycles. The molecule has 0 unspecified atom stereocenters. The molecule has 8 nitrogen and oxygen atoms in total. The van der Waals surface area contributed by atoms with E-state index in [-0.39, 0.29) is 23.7 Å². The maximum atomic E-state index is 13.8. The first-order chi connectivity index (χ1) is 17.6. The summed E-state index contributed by atoms with van der Waals surface area (Å²) >= 11 is 0. The summed E-state index contributed by atoms with van der Waals surface area (Å²) in [5, 5.41) is 17.0. The number of hydrogen-bond donors (Lipinski definition) is 2. The number of fused-ring (bicyclic) bond motifs is 1. The number of aromatic nitrogens is 2. The van der Waals surface area contributed by atoms with Crippen LogP contribution in [0.4, 0.5) is 19.0 Å². The van der Waals surface area contributed by atoms with E-state index >= 15 is 0 Å². The monoisotopic (exact) mass is 512 g/mol. The molecule has 1 saturated carbocycles. The Morgan fingerprint density at radius 3 is 2.41 bits per heavy atom. The first-order valence-electron chi connectivity index (χ1n) is 11.8. The number of carbonyl (C=O) groups excluding carboxylic acids is 2. The van der Waals surface area contributed by atoms with Gasteiger partial charge in [0, 0.05) is 23.6 Å². The Bertz CT molecular complexity index is 1380. The summed E-state index contributed by atoms with van der Waals surface area (Å²) in [6, 6.07) is 11.6. The van der Waals surface area contributed by atoms with Crippen LogP contribution in [0.25, 0.3) is 5.69 Å². The Morgan fingerprint density at radius 1 is 1.11 bits per heavy atom. The minimum absolute atomic E-state index is 0.0833. The molecular formula is C26H23F3N4O4. The van der Waals surface area contributed by atoms with E-state index in [0.717, 1.165) is 31.0 Å². The molecule has 2 N–H and O–H groups in total. The van der Waals surface area contributed by atoms with Gasteiger partial charge in [-0.3, -0.25) is 14.5 Å². The number of anilines is 1. The van der Waals surface area contributed by atoms with Crippen molar-refractivity contribution in [1.29, 1.82) is 0 Å². The van der Waals surface area contributed by atoms with Crippen LogP contribution in [-0.4, -0.2) is 45.3 Å². The predicted octanol–water partition coefficient (Wildman–Crippen LogP) is 4.25. The second-order valence-electron chi connectivity index (χ2n) is 9.11. The highest BCUT2D eigenvalue weighted by atomic mass is 19.4. The predicted molar refractivity (Wildman–Crippen MR) is 127 cm³/mol. The highest BCUT2D eigenvalue weighted by Crippen LogP contribution is 2.51. The van der Waals surface area contributed by atoms with Crippen LogP contribution in [0.3, 0.4) is 0 Å². The average Bonchev–Trinajstić information content (AvgIpc) is 3.64. The molecule has 2 amide bonds. The second-order valence-corrected chi connectivity index (χ2v) is 9.11. The summed E-state index contributed by atoms with van der Waals surface area (Å²) in [4.78, 5) is 40.5. The smallest absolute Gasteiger partial charge is 0.416 e. The molecule has 11 heteroatoms. The van der Waals surface area contributed by atoms with Gasteiger partial charge < -0.3 is 10.4 Å². The lowest BCUT2D eigenvalue weighted by molar-refractivity contribution is -0.137. The van der Waals surface area contributed by atoms with Crippen molar-refractivity contribution in [2.45, 2.75) is 37.9 Å². The minimum Gasteiger partial charge on any atom is -0.476 e. The first-order valence-corrected chi connectivity index (χ1v) is 11.8. The van der Waals surface area contributed by atoms with E-state index in [4.69, 9.17) is 0 Å². The van der Waals surface area contributed by atoms with Gasteiger partial charge in [0.1, 0.15) is 11.9 Å². The third kappa shape index (κ3) is 4.34. The zero-order chi connectivity index (χ0) is 26.5. The van der Waals surface area contributed by atoms with Crippen molar-refractivity contribution < 1.29 is 32.7 Å². The van der Waals surface area contributed by atoms with Gasteiger partial charge in [-0.05, 0) is 56.0 Å². The van der Waals surface area contributed by atoms with E-state index in [0.29, 0.717) is 17.1 Å². The van der Waals surface area contributed by atoms with Gasteiger partial charge in [-0.1, -0.05) is 24.3 Å². The Hall–Kier alpha value is -4.15. The lowest BCUT2D eigenvalue weighted by Crippen LogP contribution is -2.56. The van der Waals surface area contributed by atoms with Crippen LogP contribution in [0, 0.1) is 5.92 Å². The van der Waals surface area contributed by atoms with E-state index in [1.807, 2.05) is 0 Å². The van der Waals surface area contributed by atoms with Crippen LogP contribution in [-0.2, 0) is 11.0 Å². The summed E-state index contributed by atoms with van der Waals surface area (Å²) in [7, 11) is 0. The average molecular weight is 512 g/mol. The number of nitrogens with zero attached hydrogens (tertiary/aromatic N) is 3. The quantitative estimate of drug-likeness (QED) is 0.514. The Morgan fingerprint density at radius 2 is 1.81 bits per heavy atom. The zero-order valence-electron chi connectivity index (χ0n) is 19.7. The molecule has 0 radical (unpaired) electrons. The molecule has 2 heterocycles. The summed E-state index contributed by atoms with van der Waals surface area (Å²) < 4.78 is 41.0. The summed E-state index contributed by atoms with van der Waals surface area (Å²) in [5.74, 6) is -3.03. The Kier molecular flexibility index (Phi) is 6.01. The van der Waals surface area contributed by atoms with Gasteiger partial charge in [0.25, 0.3) is 11.8 Å². The molecule has 0 spiro atoms. The number of carboxylic acids is 1. The van der Waals surface area contributed by atoms with Crippen molar-refractivity contribution in [3.63, 3.8) is 0 Å². The number of para-hydroxylation sites is 1. The molecule has 0 saturated heterocycles. The van der Waals surface area contributed by atoms with Gasteiger partial charge in [0.05, 0.1) is 11.3 Å². The largest absolute Gasteiger partial charge is 0.476 e. The fourth-order valence-electron chi connectivity index (χ4n) is 4.97. The number of benzene rings is 2. The number of amides is 2. The van der Waals surface area contributed by atoms with E-state index in [9.17, 15) is 32.7 Å². The number of carbonyl (C=O) groups is 3. The summed E-state index contributed by atoms with van der Waals surface area (Å²) in [6.45, 7) is 1.88. The lowest BCUT2D eigenvalue weighted by Gasteiger charge is -2.38. The van der Waals surface area contributed by atoms with E-state index in [1.54, 1.807) is 37.3 Å². The summed E-state index contributed by atoms with van der Waals surface area (Å²) in [5.41, 5.74) is -0.541. The van der Waals surface area contributed by atoms with Gasteiger partial charge in [-0.25, -0.2) is 9.48 Å². The molecule has 2 aliphatic rings. The standard InChI is InChI=1S/C26H23F3N4O4/c1-2-32-23-19(21(25(36)37)31-33(23)17-9-4-3-5-10-17)18(14-11-12-14)20(24(32)35)30-22(34)15-7-6-8-16(13-15)26(27,28)29/h3-10,13-14,18,20H,2,11-12H2,1H3,(H,30,34)(H,36,37)/t18-,20-/m0/s1.